The summed E-state index contributed by atoms with van der Waals surface area (Å²) in [6.07, 6.45) is 0.152. The molecule has 5 aromatic rings. The van der Waals surface area contributed by atoms with E-state index in [1.165, 1.54) is 23.8 Å². The highest BCUT2D eigenvalue weighted by atomic mass is 35.5. The van der Waals surface area contributed by atoms with Crippen LogP contribution in [-0.4, -0.2) is 6.11 Å². The van der Waals surface area contributed by atoms with E-state index in [0.717, 1.165) is 37.3 Å². The third-order valence-electron chi connectivity index (χ3n) is 7.70. The Balaban J connectivity index is 1.36. The lowest BCUT2D eigenvalue weighted by Crippen LogP contribution is -2.21. The van der Waals surface area contributed by atoms with Crippen molar-refractivity contribution in [2.75, 3.05) is 0 Å². The molecule has 0 aliphatic heterocycles. The lowest BCUT2D eigenvalue weighted by Gasteiger charge is -2.15. The van der Waals surface area contributed by atoms with E-state index in [1.54, 1.807) is 6.07 Å². The summed E-state index contributed by atoms with van der Waals surface area (Å²) in [7, 11) is 0. The van der Waals surface area contributed by atoms with Crippen molar-refractivity contribution in [3.63, 3.8) is 0 Å². The highest BCUT2D eigenvalue weighted by molar-refractivity contribution is 6.33. The molecule has 0 aromatic heterocycles. The van der Waals surface area contributed by atoms with Gasteiger partial charge in [0.1, 0.15) is 29.0 Å². The molecule has 0 N–H and O–H groups in total. The molecule has 11 heteroatoms. The Morgan fingerprint density at radius 1 is 0.633 bits per heavy atom. The van der Waals surface area contributed by atoms with E-state index in [1.807, 2.05) is 24.3 Å². The minimum atomic E-state index is -4.34. The second-order valence-electron chi connectivity index (χ2n) is 11.2. The van der Waals surface area contributed by atoms with Gasteiger partial charge in [-0.3, -0.25) is 0 Å². The fourth-order valence-corrected chi connectivity index (χ4v) is 5.54. The zero-order valence-electron chi connectivity index (χ0n) is 25.7. The largest absolute Gasteiger partial charge is 0.429 e. The standard InChI is InChI=1S/C38H26ClF9O/c1-2-3-4-5-21-6-8-22(9-7-21)23-10-11-27(30(40)15-23)24-14-29(39)36(33(43)16-24)25-17-31(41)28(32(42)18-25)12-13-38(47,48)49-26-19-34(44)37(46)35(45)20-26/h6-20H,2-5H2,1H3. The number of aryl methyl sites for hydroxylation is 1. The molecule has 254 valence electrons. The van der Waals surface area contributed by atoms with Gasteiger partial charge in [0.2, 0.25) is 0 Å². The molecule has 0 unspecified atom stereocenters. The van der Waals surface area contributed by atoms with Crippen LogP contribution in [0.15, 0.2) is 84.9 Å². The summed E-state index contributed by atoms with van der Waals surface area (Å²) in [6, 6.07) is 16.0. The van der Waals surface area contributed by atoms with Crippen LogP contribution < -0.4 is 4.74 Å². The van der Waals surface area contributed by atoms with E-state index in [9.17, 15) is 30.7 Å². The number of hydrogen-bond donors (Lipinski definition) is 0. The Kier molecular flexibility index (Phi) is 10.8. The van der Waals surface area contributed by atoms with Gasteiger partial charge in [-0.1, -0.05) is 67.8 Å². The maximum Gasteiger partial charge on any atom is 0.419 e. The number of ether oxygens (including phenoxy) is 1. The normalized spacial score (nSPS) is 11.8. The topological polar surface area (TPSA) is 9.23 Å². The minimum absolute atomic E-state index is 0.0272. The summed E-state index contributed by atoms with van der Waals surface area (Å²) in [5, 5.41) is -0.307. The second kappa shape index (κ2) is 14.8. The number of hydrogen-bond acceptors (Lipinski definition) is 1. The van der Waals surface area contributed by atoms with Crippen molar-refractivity contribution in [2.24, 2.45) is 0 Å². The lowest BCUT2D eigenvalue weighted by atomic mass is 9.96. The van der Waals surface area contributed by atoms with Crippen LogP contribution in [0.25, 0.3) is 39.5 Å². The first kappa shape index (κ1) is 35.6. The molecule has 5 rings (SSSR count). The predicted octanol–water partition coefficient (Wildman–Crippen LogP) is 12.7. The van der Waals surface area contributed by atoms with Crippen LogP contribution in [0.2, 0.25) is 5.02 Å². The molecular weight excluding hydrogens is 679 g/mol. The summed E-state index contributed by atoms with van der Waals surface area (Å²) in [6.45, 7) is 2.13. The highest BCUT2D eigenvalue weighted by Gasteiger charge is 2.29. The number of halogens is 10. The van der Waals surface area contributed by atoms with E-state index in [4.69, 9.17) is 11.6 Å². The molecule has 0 saturated heterocycles. The quantitative estimate of drug-likeness (QED) is 0.0755. The molecule has 0 aliphatic rings. The molecule has 0 aliphatic carbocycles. The Hall–Kier alpha value is -4.70. The number of unbranched alkanes of at least 4 members (excludes halogenated alkanes) is 2. The molecule has 0 saturated carbocycles. The Bertz CT molecular complexity index is 1950. The highest BCUT2D eigenvalue weighted by Crippen LogP contribution is 2.38. The van der Waals surface area contributed by atoms with Crippen LogP contribution in [-0.2, 0) is 6.42 Å². The van der Waals surface area contributed by atoms with Crippen molar-refractivity contribution in [1.29, 1.82) is 0 Å². The summed E-state index contributed by atoms with van der Waals surface area (Å²) in [4.78, 5) is 0. The van der Waals surface area contributed by atoms with Crippen molar-refractivity contribution < 1.29 is 44.3 Å². The third-order valence-corrected chi connectivity index (χ3v) is 8.00. The molecular formula is C38H26ClF9O. The van der Waals surface area contributed by atoms with Gasteiger partial charge in [-0.15, -0.1) is 0 Å². The fraction of sp³-hybridized carbons (Fsp3) is 0.158. The van der Waals surface area contributed by atoms with E-state index >= 15 is 8.78 Å². The van der Waals surface area contributed by atoms with Crippen LogP contribution in [0.5, 0.6) is 5.75 Å². The molecule has 49 heavy (non-hydrogen) atoms. The molecule has 0 atom stereocenters. The van der Waals surface area contributed by atoms with Crippen LogP contribution in [0.3, 0.4) is 0 Å². The first-order chi connectivity index (χ1) is 23.3. The molecule has 0 spiro atoms. The smallest absolute Gasteiger partial charge is 0.419 e. The molecule has 0 amide bonds. The van der Waals surface area contributed by atoms with Crippen molar-refractivity contribution in [3.05, 3.63) is 142 Å². The van der Waals surface area contributed by atoms with Gasteiger partial charge in [-0.05, 0) is 77.1 Å². The van der Waals surface area contributed by atoms with Crippen LogP contribution in [0, 0.1) is 40.7 Å². The number of alkyl halides is 2. The Labute approximate surface area is 281 Å². The molecule has 5 aromatic carbocycles. The van der Waals surface area contributed by atoms with E-state index in [0.29, 0.717) is 23.8 Å². The number of rotatable bonds is 11. The van der Waals surface area contributed by atoms with Crippen molar-refractivity contribution in [3.8, 4) is 39.1 Å². The summed E-state index contributed by atoms with van der Waals surface area (Å²) in [5.74, 6) is -11.1. The molecule has 0 bridgehead atoms. The Morgan fingerprint density at radius 2 is 1.22 bits per heavy atom. The number of benzene rings is 5. The average Bonchev–Trinajstić information content (AvgIpc) is 3.03. The van der Waals surface area contributed by atoms with E-state index in [2.05, 4.69) is 11.7 Å². The van der Waals surface area contributed by atoms with Crippen molar-refractivity contribution in [2.45, 2.75) is 38.7 Å². The summed E-state index contributed by atoms with van der Waals surface area (Å²) < 4.78 is 133. The summed E-state index contributed by atoms with van der Waals surface area (Å²) in [5.41, 5.74) is 0.875. The third kappa shape index (κ3) is 8.31. The van der Waals surface area contributed by atoms with E-state index in [-0.39, 0.29) is 39.9 Å². The van der Waals surface area contributed by atoms with Crippen molar-refractivity contribution >= 4 is 17.7 Å². The molecule has 1 nitrogen and oxygen atoms in total. The van der Waals surface area contributed by atoms with Gasteiger partial charge in [0, 0.05) is 34.9 Å². The lowest BCUT2D eigenvalue weighted by molar-refractivity contribution is -0.131. The monoisotopic (exact) mass is 704 g/mol. The van der Waals surface area contributed by atoms with Gasteiger partial charge in [-0.25, -0.2) is 30.7 Å². The van der Waals surface area contributed by atoms with Crippen LogP contribution in [0.1, 0.15) is 37.3 Å². The summed E-state index contributed by atoms with van der Waals surface area (Å²) >= 11 is 6.32. The first-order valence-corrected chi connectivity index (χ1v) is 15.4. The SMILES string of the molecule is CCCCCc1ccc(-c2ccc(-c3cc(F)c(-c4cc(F)c(C=CC(F)(F)Oc5cc(F)c(F)c(F)c5)c(F)c4)c(Cl)c3)c(F)c2)cc1. The van der Waals surface area contributed by atoms with E-state index < -0.39 is 63.7 Å². The minimum Gasteiger partial charge on any atom is -0.429 e. The predicted molar refractivity (Wildman–Crippen MR) is 172 cm³/mol. The van der Waals surface area contributed by atoms with Gasteiger partial charge >= 0.3 is 6.11 Å². The van der Waals surface area contributed by atoms with Gasteiger partial charge in [0.25, 0.3) is 0 Å². The first-order valence-electron chi connectivity index (χ1n) is 15.0. The molecule has 0 radical (unpaired) electrons. The fourth-order valence-electron chi connectivity index (χ4n) is 5.23. The van der Waals surface area contributed by atoms with Gasteiger partial charge in [0.15, 0.2) is 17.5 Å². The van der Waals surface area contributed by atoms with Crippen LogP contribution in [0.4, 0.5) is 39.5 Å². The second-order valence-corrected chi connectivity index (χ2v) is 11.6. The Morgan fingerprint density at radius 3 is 1.82 bits per heavy atom. The van der Waals surface area contributed by atoms with Gasteiger partial charge < -0.3 is 4.74 Å². The average molecular weight is 705 g/mol. The maximum absolute atomic E-state index is 15.4. The molecule has 0 heterocycles. The van der Waals surface area contributed by atoms with Crippen LogP contribution >= 0.6 is 11.6 Å². The van der Waals surface area contributed by atoms with Gasteiger partial charge in [0.05, 0.1) is 5.02 Å². The molecule has 0 fully saturated rings. The van der Waals surface area contributed by atoms with Crippen molar-refractivity contribution in [1.82, 2.24) is 0 Å². The zero-order valence-corrected chi connectivity index (χ0v) is 26.4. The maximum atomic E-state index is 15.4. The zero-order chi connectivity index (χ0) is 35.5. The van der Waals surface area contributed by atoms with Gasteiger partial charge in [-0.2, -0.15) is 8.78 Å².